The second-order valence-electron chi connectivity index (χ2n) is 5.26. The first-order chi connectivity index (χ1) is 11.5. The number of fused-ring (bicyclic) bond motifs is 1. The Balaban J connectivity index is 1.98. The first-order valence-corrected chi connectivity index (χ1v) is 7.04. The zero-order valence-corrected chi connectivity index (χ0v) is 12.7. The molecule has 24 heavy (non-hydrogen) atoms. The van der Waals surface area contributed by atoms with E-state index in [1.165, 1.54) is 12.1 Å². The molecule has 3 rings (SSSR count). The van der Waals surface area contributed by atoms with Gasteiger partial charge in [0.1, 0.15) is 0 Å². The van der Waals surface area contributed by atoms with Crippen LogP contribution in [-0.4, -0.2) is 15.4 Å². The summed E-state index contributed by atoms with van der Waals surface area (Å²) >= 11 is 0. The smallest absolute Gasteiger partial charge is 0.270 e. The van der Waals surface area contributed by atoms with Crippen LogP contribution in [0.1, 0.15) is 15.9 Å². The number of carbonyl (C=O) groups excluding carboxylic acids is 1. The fourth-order valence-electron chi connectivity index (χ4n) is 2.50. The summed E-state index contributed by atoms with van der Waals surface area (Å²) in [5.41, 5.74) is 2.04. The number of carbonyl (C=O) groups is 1. The summed E-state index contributed by atoms with van der Waals surface area (Å²) in [5, 5.41) is 23.0. The number of hydrogen-bond donors (Lipinski definition) is 1. The molecule has 0 radical (unpaired) electrons. The minimum atomic E-state index is -0.491. The summed E-state index contributed by atoms with van der Waals surface area (Å²) in [6.45, 7) is 0. The van der Waals surface area contributed by atoms with Crippen molar-refractivity contribution in [2.45, 2.75) is 0 Å². The fraction of sp³-hybridized carbons (Fsp3) is 0.0588. The third-order valence-corrected chi connectivity index (χ3v) is 3.70. The van der Waals surface area contributed by atoms with E-state index in [0.29, 0.717) is 22.2 Å². The molecule has 2 aromatic carbocycles. The number of nitro groups is 1. The van der Waals surface area contributed by atoms with Crippen molar-refractivity contribution in [2.75, 3.05) is 5.32 Å². The van der Waals surface area contributed by atoms with E-state index in [9.17, 15) is 14.9 Å². The van der Waals surface area contributed by atoms with Gasteiger partial charge in [-0.25, -0.2) is 0 Å². The van der Waals surface area contributed by atoms with Crippen LogP contribution < -0.4 is 5.32 Å². The van der Waals surface area contributed by atoms with Crippen LogP contribution in [0.4, 0.5) is 11.4 Å². The Morgan fingerprint density at radius 1 is 1.25 bits per heavy atom. The van der Waals surface area contributed by atoms with Gasteiger partial charge >= 0.3 is 0 Å². The van der Waals surface area contributed by atoms with Crippen LogP contribution in [0, 0.1) is 21.4 Å². The molecule has 0 saturated carbocycles. The standard InChI is InChI=1S/C17H12N4O3/c1-20-10-15(14-8-13(21(23)24)6-7-16(14)20)17(22)19-12-4-2-11(9-18)3-5-12/h2-8,10H,1H3,(H,19,22). The Morgan fingerprint density at radius 2 is 1.96 bits per heavy atom. The van der Waals surface area contributed by atoms with Crippen molar-refractivity contribution in [1.82, 2.24) is 4.57 Å². The Bertz CT molecular complexity index is 997. The molecule has 0 aliphatic heterocycles. The molecule has 0 atom stereocenters. The quantitative estimate of drug-likeness (QED) is 0.591. The first-order valence-electron chi connectivity index (χ1n) is 7.04. The molecule has 1 aromatic heterocycles. The van der Waals surface area contributed by atoms with E-state index < -0.39 is 4.92 Å². The molecule has 0 fully saturated rings. The Labute approximate surface area is 136 Å². The van der Waals surface area contributed by atoms with E-state index in [2.05, 4.69) is 5.32 Å². The average Bonchev–Trinajstić information content (AvgIpc) is 2.92. The monoisotopic (exact) mass is 320 g/mol. The van der Waals surface area contributed by atoms with Gasteiger partial charge in [-0.15, -0.1) is 0 Å². The Morgan fingerprint density at radius 3 is 2.58 bits per heavy atom. The second-order valence-corrected chi connectivity index (χ2v) is 5.26. The van der Waals surface area contributed by atoms with Crippen LogP contribution in [0.3, 0.4) is 0 Å². The predicted octanol–water partition coefficient (Wildman–Crippen LogP) is 3.21. The van der Waals surface area contributed by atoms with Gasteiger partial charge in [0.25, 0.3) is 11.6 Å². The van der Waals surface area contributed by atoms with Crippen molar-refractivity contribution in [2.24, 2.45) is 7.05 Å². The molecule has 7 heteroatoms. The topological polar surface area (TPSA) is 101 Å². The van der Waals surface area contributed by atoms with Crippen molar-refractivity contribution in [3.8, 4) is 6.07 Å². The number of non-ortho nitro benzene ring substituents is 1. The second kappa shape index (κ2) is 5.85. The minimum Gasteiger partial charge on any atom is -0.350 e. The zero-order chi connectivity index (χ0) is 17.3. The molecule has 0 bridgehead atoms. The maximum absolute atomic E-state index is 12.5. The summed E-state index contributed by atoms with van der Waals surface area (Å²) < 4.78 is 1.74. The van der Waals surface area contributed by atoms with Crippen LogP contribution in [0.25, 0.3) is 10.9 Å². The van der Waals surface area contributed by atoms with Crippen LogP contribution >= 0.6 is 0 Å². The van der Waals surface area contributed by atoms with E-state index in [1.54, 1.807) is 48.1 Å². The molecule has 7 nitrogen and oxygen atoms in total. The molecule has 0 saturated heterocycles. The average molecular weight is 320 g/mol. The van der Waals surface area contributed by atoms with Gasteiger partial charge in [0.2, 0.25) is 0 Å². The first kappa shape index (κ1) is 15.2. The van der Waals surface area contributed by atoms with E-state index in [1.807, 2.05) is 6.07 Å². The van der Waals surface area contributed by atoms with Gasteiger partial charge in [0, 0.05) is 42.0 Å². The highest BCUT2D eigenvalue weighted by Crippen LogP contribution is 2.26. The summed E-state index contributed by atoms with van der Waals surface area (Å²) in [4.78, 5) is 23.0. The number of aryl methyl sites for hydroxylation is 1. The van der Waals surface area contributed by atoms with Gasteiger partial charge < -0.3 is 9.88 Å². The summed E-state index contributed by atoms with van der Waals surface area (Å²) in [5.74, 6) is -0.370. The third kappa shape index (κ3) is 2.68. The van der Waals surface area contributed by atoms with Gasteiger partial charge in [0.15, 0.2) is 0 Å². The summed E-state index contributed by atoms with van der Waals surface area (Å²) in [6, 6.07) is 12.9. The molecule has 0 aliphatic rings. The summed E-state index contributed by atoms with van der Waals surface area (Å²) in [6.07, 6.45) is 1.63. The molecule has 3 aromatic rings. The highest BCUT2D eigenvalue weighted by molar-refractivity contribution is 6.13. The van der Waals surface area contributed by atoms with Crippen molar-refractivity contribution in [1.29, 1.82) is 5.26 Å². The van der Waals surface area contributed by atoms with Crippen LogP contribution in [-0.2, 0) is 7.05 Å². The van der Waals surface area contributed by atoms with Gasteiger partial charge in [-0.1, -0.05) is 0 Å². The normalized spacial score (nSPS) is 10.3. The van der Waals surface area contributed by atoms with E-state index in [-0.39, 0.29) is 11.6 Å². The lowest BCUT2D eigenvalue weighted by Gasteiger charge is -2.04. The molecular formula is C17H12N4O3. The van der Waals surface area contributed by atoms with Crippen molar-refractivity contribution in [3.63, 3.8) is 0 Å². The number of aromatic nitrogens is 1. The van der Waals surface area contributed by atoms with Crippen LogP contribution in [0.5, 0.6) is 0 Å². The number of nitriles is 1. The SMILES string of the molecule is Cn1cc(C(=O)Nc2ccc(C#N)cc2)c2cc([N+](=O)[O-])ccc21. The zero-order valence-electron chi connectivity index (χ0n) is 12.7. The molecule has 118 valence electrons. The molecule has 0 aliphatic carbocycles. The fourth-order valence-corrected chi connectivity index (χ4v) is 2.50. The van der Waals surface area contributed by atoms with E-state index in [0.717, 1.165) is 5.52 Å². The summed E-state index contributed by atoms with van der Waals surface area (Å²) in [7, 11) is 1.77. The number of nitrogens with one attached hydrogen (secondary N) is 1. The van der Waals surface area contributed by atoms with Gasteiger partial charge in [-0.05, 0) is 30.3 Å². The minimum absolute atomic E-state index is 0.0684. The number of nitrogens with zero attached hydrogens (tertiary/aromatic N) is 3. The molecule has 0 unspecified atom stereocenters. The van der Waals surface area contributed by atoms with Crippen LogP contribution in [0.2, 0.25) is 0 Å². The Hall–Kier alpha value is -3.66. The van der Waals surface area contributed by atoms with E-state index in [4.69, 9.17) is 5.26 Å². The van der Waals surface area contributed by atoms with Crippen molar-refractivity contribution in [3.05, 3.63) is 69.9 Å². The highest BCUT2D eigenvalue weighted by atomic mass is 16.6. The lowest BCUT2D eigenvalue weighted by molar-refractivity contribution is -0.384. The van der Waals surface area contributed by atoms with Crippen molar-refractivity contribution < 1.29 is 9.72 Å². The van der Waals surface area contributed by atoms with Crippen molar-refractivity contribution >= 4 is 28.2 Å². The highest BCUT2D eigenvalue weighted by Gasteiger charge is 2.17. The lowest BCUT2D eigenvalue weighted by atomic mass is 10.1. The lowest BCUT2D eigenvalue weighted by Crippen LogP contribution is -2.11. The van der Waals surface area contributed by atoms with Gasteiger partial charge in [-0.3, -0.25) is 14.9 Å². The van der Waals surface area contributed by atoms with Crippen LogP contribution in [0.15, 0.2) is 48.7 Å². The van der Waals surface area contributed by atoms with Gasteiger partial charge in [-0.2, -0.15) is 5.26 Å². The number of rotatable bonds is 3. The molecular weight excluding hydrogens is 308 g/mol. The number of amides is 1. The van der Waals surface area contributed by atoms with E-state index >= 15 is 0 Å². The largest absolute Gasteiger partial charge is 0.350 e. The number of hydrogen-bond acceptors (Lipinski definition) is 4. The van der Waals surface area contributed by atoms with Gasteiger partial charge in [0.05, 0.1) is 22.1 Å². The molecule has 0 spiro atoms. The number of benzene rings is 2. The maximum Gasteiger partial charge on any atom is 0.270 e. The third-order valence-electron chi connectivity index (χ3n) is 3.70. The molecule has 1 heterocycles. The Kier molecular flexibility index (Phi) is 3.72. The molecule has 1 N–H and O–H groups in total. The number of nitro benzene ring substituents is 1. The maximum atomic E-state index is 12.5. The number of anilines is 1. The predicted molar refractivity (Wildman–Crippen MR) is 88.7 cm³/mol. The molecule has 1 amide bonds.